The number of carbonyl (C=O) groups is 1. The molecule has 4 rings (SSSR count). The fourth-order valence-corrected chi connectivity index (χ4v) is 3.57. The Labute approximate surface area is 159 Å². The Hall–Kier alpha value is -3.49. The molecule has 0 spiro atoms. The van der Waals surface area contributed by atoms with Crippen molar-refractivity contribution in [1.29, 1.82) is 0 Å². The monoisotopic (exact) mass is 380 g/mol. The van der Waals surface area contributed by atoms with E-state index in [1.165, 1.54) is 4.68 Å². The summed E-state index contributed by atoms with van der Waals surface area (Å²) in [7, 11) is 0. The number of anilines is 1. The van der Waals surface area contributed by atoms with Gasteiger partial charge in [0.1, 0.15) is 5.69 Å². The van der Waals surface area contributed by atoms with Crippen LogP contribution in [0.4, 0.5) is 5.95 Å². The summed E-state index contributed by atoms with van der Waals surface area (Å²) in [6.07, 6.45) is 3.53. The third-order valence-electron chi connectivity index (χ3n) is 4.92. The predicted octanol–water partition coefficient (Wildman–Crippen LogP) is 0.371. The molecule has 1 amide bonds. The summed E-state index contributed by atoms with van der Waals surface area (Å²) in [4.78, 5) is 45.6. The molecular formula is C19H20N6O3. The number of aryl methyl sites for hydroxylation is 1. The Morgan fingerprint density at radius 1 is 1.14 bits per heavy atom. The molecule has 9 heteroatoms. The zero-order valence-corrected chi connectivity index (χ0v) is 15.2. The number of aromatic nitrogens is 4. The van der Waals surface area contributed by atoms with Gasteiger partial charge in [-0.15, -0.1) is 0 Å². The third-order valence-corrected chi connectivity index (χ3v) is 4.92. The van der Waals surface area contributed by atoms with Gasteiger partial charge in [0.05, 0.1) is 17.3 Å². The van der Waals surface area contributed by atoms with E-state index in [-0.39, 0.29) is 36.1 Å². The van der Waals surface area contributed by atoms with E-state index in [2.05, 4.69) is 20.4 Å². The smallest absolute Gasteiger partial charge is 0.273 e. The Balaban J connectivity index is 1.52. The van der Waals surface area contributed by atoms with Gasteiger partial charge in [-0.2, -0.15) is 0 Å². The molecule has 1 aromatic carbocycles. The summed E-state index contributed by atoms with van der Waals surface area (Å²) in [5.41, 5.74) is 7.05. The average molecular weight is 380 g/mol. The number of carbonyl (C=O) groups excluding carboxylic acids is 1. The van der Waals surface area contributed by atoms with Crippen LogP contribution in [0.15, 0.2) is 33.9 Å². The Bertz CT molecular complexity index is 1180. The van der Waals surface area contributed by atoms with Crippen LogP contribution in [0.2, 0.25) is 0 Å². The van der Waals surface area contributed by atoms with Crippen molar-refractivity contribution in [3.05, 3.63) is 61.9 Å². The average Bonchev–Trinajstić information content (AvgIpc) is 2.71. The maximum atomic E-state index is 12.6. The van der Waals surface area contributed by atoms with Gasteiger partial charge in [0.25, 0.3) is 17.0 Å². The van der Waals surface area contributed by atoms with Gasteiger partial charge in [-0.25, -0.2) is 14.6 Å². The van der Waals surface area contributed by atoms with E-state index in [1.807, 2.05) is 0 Å². The minimum absolute atomic E-state index is 0.0841. The summed E-state index contributed by atoms with van der Waals surface area (Å²) in [5.74, 6) is -0.274. The Morgan fingerprint density at radius 2 is 1.89 bits per heavy atom. The summed E-state index contributed by atoms with van der Waals surface area (Å²) < 4.78 is 1.20. The number of nitrogens with two attached hydrogens (primary N) is 1. The van der Waals surface area contributed by atoms with Crippen LogP contribution in [0.1, 0.15) is 34.6 Å². The van der Waals surface area contributed by atoms with E-state index in [0.29, 0.717) is 16.5 Å². The van der Waals surface area contributed by atoms with E-state index >= 15 is 0 Å². The number of nitrogens with one attached hydrogen (secondary N) is 2. The zero-order valence-electron chi connectivity index (χ0n) is 15.2. The van der Waals surface area contributed by atoms with Crippen LogP contribution in [-0.2, 0) is 19.4 Å². The Morgan fingerprint density at radius 3 is 2.71 bits per heavy atom. The number of aromatic amines is 1. The lowest BCUT2D eigenvalue weighted by molar-refractivity contribution is 0.0945. The molecular weight excluding hydrogens is 360 g/mol. The lowest BCUT2D eigenvalue weighted by Gasteiger charge is -2.18. The highest BCUT2D eigenvalue weighted by molar-refractivity contribution is 5.94. The number of benzene rings is 1. The van der Waals surface area contributed by atoms with Crippen molar-refractivity contribution in [3.8, 4) is 0 Å². The van der Waals surface area contributed by atoms with Crippen LogP contribution in [0.3, 0.4) is 0 Å². The van der Waals surface area contributed by atoms with Crippen molar-refractivity contribution in [2.45, 2.75) is 32.2 Å². The van der Waals surface area contributed by atoms with E-state index in [4.69, 9.17) is 5.73 Å². The lowest BCUT2D eigenvalue weighted by Crippen LogP contribution is -2.36. The molecule has 3 aromatic rings. The quantitative estimate of drug-likeness (QED) is 0.598. The number of nitrogen functional groups attached to an aromatic ring is 1. The van der Waals surface area contributed by atoms with Crippen molar-refractivity contribution in [2.24, 2.45) is 0 Å². The number of amides is 1. The SMILES string of the molecule is Nc1nc2c(c(C(=O)NCCn3[nH]c(=O)c4ccccc4c3=O)n1)CCCC2. The first kappa shape index (κ1) is 17.9. The molecule has 28 heavy (non-hydrogen) atoms. The summed E-state index contributed by atoms with van der Waals surface area (Å²) >= 11 is 0. The number of fused-ring (bicyclic) bond motifs is 2. The normalized spacial score (nSPS) is 13.3. The molecule has 2 heterocycles. The van der Waals surface area contributed by atoms with Gasteiger partial charge in [-0.1, -0.05) is 12.1 Å². The zero-order chi connectivity index (χ0) is 19.7. The van der Waals surface area contributed by atoms with Crippen LogP contribution < -0.4 is 22.2 Å². The summed E-state index contributed by atoms with van der Waals surface area (Å²) in [5, 5.41) is 5.98. The van der Waals surface area contributed by atoms with E-state index in [1.54, 1.807) is 24.3 Å². The highest BCUT2D eigenvalue weighted by Crippen LogP contribution is 2.22. The third kappa shape index (κ3) is 3.26. The van der Waals surface area contributed by atoms with Gasteiger partial charge in [-0.05, 0) is 37.8 Å². The van der Waals surface area contributed by atoms with Gasteiger partial charge in [-0.3, -0.25) is 19.5 Å². The highest BCUT2D eigenvalue weighted by atomic mass is 16.2. The fourth-order valence-electron chi connectivity index (χ4n) is 3.57. The second kappa shape index (κ2) is 7.26. The molecule has 1 aliphatic rings. The molecule has 1 aliphatic carbocycles. The number of hydrogen-bond donors (Lipinski definition) is 3. The molecule has 0 saturated heterocycles. The fraction of sp³-hybridized carbons (Fsp3) is 0.316. The minimum Gasteiger partial charge on any atom is -0.368 e. The molecule has 0 atom stereocenters. The topological polar surface area (TPSA) is 136 Å². The maximum Gasteiger partial charge on any atom is 0.273 e. The molecule has 0 saturated carbocycles. The molecule has 9 nitrogen and oxygen atoms in total. The molecule has 144 valence electrons. The van der Waals surface area contributed by atoms with Crippen LogP contribution in [-0.4, -0.2) is 32.2 Å². The molecule has 0 aliphatic heterocycles. The molecule has 0 fully saturated rings. The number of nitrogens with zero attached hydrogens (tertiary/aromatic N) is 3. The van der Waals surface area contributed by atoms with E-state index < -0.39 is 0 Å². The number of hydrogen-bond acceptors (Lipinski definition) is 6. The highest BCUT2D eigenvalue weighted by Gasteiger charge is 2.21. The molecule has 0 bridgehead atoms. The van der Waals surface area contributed by atoms with Crippen molar-refractivity contribution in [2.75, 3.05) is 12.3 Å². The van der Waals surface area contributed by atoms with Crippen molar-refractivity contribution >= 4 is 22.6 Å². The molecule has 0 radical (unpaired) electrons. The van der Waals surface area contributed by atoms with Crippen LogP contribution in [0, 0.1) is 0 Å². The van der Waals surface area contributed by atoms with Crippen LogP contribution in [0.5, 0.6) is 0 Å². The second-order valence-electron chi connectivity index (χ2n) is 6.76. The first-order chi connectivity index (χ1) is 13.5. The predicted molar refractivity (Wildman–Crippen MR) is 104 cm³/mol. The van der Waals surface area contributed by atoms with Gasteiger partial charge in [0.2, 0.25) is 5.95 Å². The number of H-pyrrole nitrogens is 1. The number of rotatable bonds is 4. The first-order valence-corrected chi connectivity index (χ1v) is 9.20. The van der Waals surface area contributed by atoms with Crippen molar-refractivity contribution in [1.82, 2.24) is 25.1 Å². The summed E-state index contributed by atoms with van der Waals surface area (Å²) in [6.45, 7) is 0.291. The van der Waals surface area contributed by atoms with E-state index in [0.717, 1.165) is 36.9 Å². The van der Waals surface area contributed by atoms with Crippen molar-refractivity contribution < 1.29 is 4.79 Å². The van der Waals surface area contributed by atoms with E-state index in [9.17, 15) is 14.4 Å². The van der Waals surface area contributed by atoms with Crippen molar-refractivity contribution in [3.63, 3.8) is 0 Å². The van der Waals surface area contributed by atoms with Gasteiger partial charge >= 0.3 is 0 Å². The molecule has 2 aromatic heterocycles. The minimum atomic E-state index is -0.358. The largest absolute Gasteiger partial charge is 0.368 e. The second-order valence-corrected chi connectivity index (χ2v) is 6.76. The lowest BCUT2D eigenvalue weighted by atomic mass is 9.94. The molecule has 0 unspecified atom stereocenters. The standard InChI is InChI=1S/C19H20N6O3/c20-19-22-14-8-4-3-7-13(14)15(23-19)17(27)21-9-10-25-18(28)12-6-2-1-5-11(12)16(26)24-25/h1-2,5-6H,3-4,7-10H2,(H,21,27)(H,24,26)(H2,20,22,23). The van der Waals surface area contributed by atoms with Crippen LogP contribution >= 0.6 is 0 Å². The Kier molecular flexibility index (Phi) is 4.64. The molecule has 4 N–H and O–H groups in total. The first-order valence-electron chi connectivity index (χ1n) is 9.20. The van der Waals surface area contributed by atoms with Gasteiger partial charge < -0.3 is 11.1 Å². The van der Waals surface area contributed by atoms with Gasteiger partial charge in [0.15, 0.2) is 0 Å². The van der Waals surface area contributed by atoms with Crippen LogP contribution in [0.25, 0.3) is 10.8 Å². The summed E-state index contributed by atoms with van der Waals surface area (Å²) in [6, 6.07) is 6.62. The van der Waals surface area contributed by atoms with Gasteiger partial charge in [0, 0.05) is 17.8 Å². The maximum absolute atomic E-state index is 12.6.